The van der Waals surface area contributed by atoms with Crippen molar-refractivity contribution >= 4 is 21.8 Å². The Morgan fingerprint density at radius 2 is 2.12 bits per heavy atom. The van der Waals surface area contributed by atoms with E-state index in [9.17, 15) is 4.79 Å². The third-order valence-electron chi connectivity index (χ3n) is 2.17. The Balaban J connectivity index is 2.59. The molecule has 0 spiro atoms. The Bertz CT molecular complexity index is 366. The molecule has 16 heavy (non-hydrogen) atoms. The molecule has 0 fully saturated rings. The quantitative estimate of drug-likeness (QED) is 0.924. The number of carbonyl (C=O) groups excluding carboxylic acids is 1. The van der Waals surface area contributed by atoms with Crippen LogP contribution in [0.25, 0.3) is 0 Å². The molecule has 1 aromatic heterocycles. The summed E-state index contributed by atoms with van der Waals surface area (Å²) in [5.41, 5.74) is 0.588. The predicted molar refractivity (Wildman–Crippen MR) is 68.3 cm³/mol. The lowest BCUT2D eigenvalue weighted by Gasteiger charge is -2.15. The van der Waals surface area contributed by atoms with Crippen molar-refractivity contribution in [3.8, 4) is 0 Å². The summed E-state index contributed by atoms with van der Waals surface area (Å²) in [5.74, 6) is 0.512. The van der Waals surface area contributed by atoms with E-state index in [1.54, 1.807) is 18.5 Å². The van der Waals surface area contributed by atoms with Gasteiger partial charge in [-0.1, -0.05) is 13.8 Å². The van der Waals surface area contributed by atoms with Crippen LogP contribution >= 0.6 is 15.9 Å². The SMILES string of the molecule is CC(C)CC(C)NC(=O)c1cncc(Br)c1. The van der Waals surface area contributed by atoms with Crippen molar-refractivity contribution in [1.82, 2.24) is 10.3 Å². The average molecular weight is 285 g/mol. The second kappa shape index (κ2) is 5.99. The Morgan fingerprint density at radius 3 is 2.69 bits per heavy atom. The lowest BCUT2D eigenvalue weighted by atomic mass is 10.1. The summed E-state index contributed by atoms with van der Waals surface area (Å²) in [6.45, 7) is 6.30. The van der Waals surface area contributed by atoms with Gasteiger partial charge in [0, 0.05) is 22.9 Å². The van der Waals surface area contributed by atoms with Crippen LogP contribution in [0.4, 0.5) is 0 Å². The van der Waals surface area contributed by atoms with Gasteiger partial charge >= 0.3 is 0 Å². The van der Waals surface area contributed by atoms with Gasteiger partial charge in [0.05, 0.1) is 5.56 Å². The fourth-order valence-corrected chi connectivity index (χ4v) is 1.97. The highest BCUT2D eigenvalue weighted by Crippen LogP contribution is 2.10. The number of aromatic nitrogens is 1. The first-order valence-corrected chi connectivity index (χ1v) is 6.19. The van der Waals surface area contributed by atoms with Gasteiger partial charge < -0.3 is 5.32 Å². The van der Waals surface area contributed by atoms with Crippen molar-refractivity contribution in [2.45, 2.75) is 33.2 Å². The van der Waals surface area contributed by atoms with Crippen LogP contribution in [0, 0.1) is 5.92 Å². The van der Waals surface area contributed by atoms with Gasteiger partial charge in [-0.25, -0.2) is 0 Å². The topological polar surface area (TPSA) is 42.0 Å². The molecule has 1 atom stereocenters. The number of halogens is 1. The summed E-state index contributed by atoms with van der Waals surface area (Å²) in [6.07, 6.45) is 4.21. The van der Waals surface area contributed by atoms with Gasteiger partial charge in [0.25, 0.3) is 5.91 Å². The van der Waals surface area contributed by atoms with E-state index in [1.165, 1.54) is 0 Å². The van der Waals surface area contributed by atoms with E-state index in [0.717, 1.165) is 10.9 Å². The smallest absolute Gasteiger partial charge is 0.253 e. The van der Waals surface area contributed by atoms with E-state index in [-0.39, 0.29) is 11.9 Å². The summed E-state index contributed by atoms with van der Waals surface area (Å²) in [5, 5.41) is 2.95. The van der Waals surface area contributed by atoms with E-state index in [2.05, 4.69) is 40.1 Å². The third-order valence-corrected chi connectivity index (χ3v) is 2.60. The molecule has 0 bridgehead atoms. The van der Waals surface area contributed by atoms with Crippen LogP contribution in [0.3, 0.4) is 0 Å². The van der Waals surface area contributed by atoms with Crippen molar-refractivity contribution in [1.29, 1.82) is 0 Å². The molecule has 4 heteroatoms. The highest BCUT2D eigenvalue weighted by molar-refractivity contribution is 9.10. The Kier molecular flexibility index (Phi) is 4.93. The first-order valence-electron chi connectivity index (χ1n) is 5.40. The van der Waals surface area contributed by atoms with Crippen molar-refractivity contribution in [2.75, 3.05) is 0 Å². The maximum atomic E-state index is 11.8. The zero-order chi connectivity index (χ0) is 12.1. The molecule has 0 saturated heterocycles. The number of pyridine rings is 1. The molecule has 0 aromatic carbocycles. The first kappa shape index (κ1) is 13.2. The average Bonchev–Trinajstić information content (AvgIpc) is 2.16. The van der Waals surface area contributed by atoms with Crippen LogP contribution in [-0.2, 0) is 0 Å². The molecule has 1 aromatic rings. The molecule has 1 rings (SSSR count). The number of nitrogens with zero attached hydrogens (tertiary/aromatic N) is 1. The van der Waals surface area contributed by atoms with Crippen LogP contribution in [0.15, 0.2) is 22.9 Å². The molecule has 1 amide bonds. The zero-order valence-electron chi connectivity index (χ0n) is 9.83. The van der Waals surface area contributed by atoms with Gasteiger partial charge in [-0.2, -0.15) is 0 Å². The van der Waals surface area contributed by atoms with Gasteiger partial charge in [-0.3, -0.25) is 9.78 Å². The first-order chi connectivity index (χ1) is 7.49. The van der Waals surface area contributed by atoms with Gasteiger partial charge in [-0.15, -0.1) is 0 Å². The normalized spacial score (nSPS) is 12.6. The molecular formula is C12H17BrN2O. The maximum absolute atomic E-state index is 11.8. The number of amides is 1. The van der Waals surface area contributed by atoms with E-state index in [0.29, 0.717) is 11.5 Å². The molecule has 1 heterocycles. The Hall–Kier alpha value is -0.900. The summed E-state index contributed by atoms with van der Waals surface area (Å²) in [6, 6.07) is 1.95. The minimum absolute atomic E-state index is 0.0676. The fourth-order valence-electron chi connectivity index (χ4n) is 1.61. The molecule has 1 unspecified atom stereocenters. The van der Waals surface area contributed by atoms with Crippen LogP contribution in [0.2, 0.25) is 0 Å². The minimum atomic E-state index is -0.0676. The Morgan fingerprint density at radius 1 is 1.44 bits per heavy atom. The van der Waals surface area contributed by atoms with Crippen LogP contribution < -0.4 is 5.32 Å². The van der Waals surface area contributed by atoms with E-state index >= 15 is 0 Å². The molecule has 0 aliphatic carbocycles. The lowest BCUT2D eigenvalue weighted by molar-refractivity contribution is 0.0935. The second-order valence-electron chi connectivity index (χ2n) is 4.40. The molecule has 0 aliphatic rings. The lowest BCUT2D eigenvalue weighted by Crippen LogP contribution is -2.33. The number of rotatable bonds is 4. The third kappa shape index (κ3) is 4.31. The standard InChI is InChI=1S/C12H17BrN2O/c1-8(2)4-9(3)15-12(16)10-5-11(13)7-14-6-10/h5-9H,4H2,1-3H3,(H,15,16). The summed E-state index contributed by atoms with van der Waals surface area (Å²) < 4.78 is 0.816. The minimum Gasteiger partial charge on any atom is -0.350 e. The Labute approximate surface area is 105 Å². The van der Waals surface area contributed by atoms with Crippen LogP contribution in [0.5, 0.6) is 0 Å². The fraction of sp³-hybridized carbons (Fsp3) is 0.500. The maximum Gasteiger partial charge on any atom is 0.253 e. The van der Waals surface area contributed by atoms with E-state index in [4.69, 9.17) is 0 Å². The highest BCUT2D eigenvalue weighted by Gasteiger charge is 2.11. The van der Waals surface area contributed by atoms with Crippen LogP contribution in [0.1, 0.15) is 37.6 Å². The van der Waals surface area contributed by atoms with Gasteiger partial charge in [0.15, 0.2) is 0 Å². The van der Waals surface area contributed by atoms with E-state index in [1.807, 2.05) is 6.92 Å². The van der Waals surface area contributed by atoms with Crippen LogP contribution in [-0.4, -0.2) is 16.9 Å². The monoisotopic (exact) mass is 284 g/mol. The predicted octanol–water partition coefficient (Wildman–Crippen LogP) is 3.01. The molecule has 0 saturated carbocycles. The second-order valence-corrected chi connectivity index (χ2v) is 5.31. The molecule has 88 valence electrons. The van der Waals surface area contributed by atoms with Crippen molar-refractivity contribution < 1.29 is 4.79 Å². The summed E-state index contributed by atoms with van der Waals surface area (Å²) >= 11 is 3.29. The molecule has 1 N–H and O–H groups in total. The summed E-state index contributed by atoms with van der Waals surface area (Å²) in [4.78, 5) is 15.8. The van der Waals surface area contributed by atoms with Crippen molar-refractivity contribution in [2.24, 2.45) is 5.92 Å². The van der Waals surface area contributed by atoms with Gasteiger partial charge in [-0.05, 0) is 41.3 Å². The number of carbonyl (C=O) groups is 1. The molecule has 0 aliphatic heterocycles. The molecule has 3 nitrogen and oxygen atoms in total. The van der Waals surface area contributed by atoms with Crippen molar-refractivity contribution in [3.63, 3.8) is 0 Å². The van der Waals surface area contributed by atoms with Gasteiger partial charge in [0.2, 0.25) is 0 Å². The van der Waals surface area contributed by atoms with E-state index < -0.39 is 0 Å². The largest absolute Gasteiger partial charge is 0.350 e. The number of hydrogen-bond acceptors (Lipinski definition) is 2. The number of hydrogen-bond donors (Lipinski definition) is 1. The summed E-state index contributed by atoms with van der Waals surface area (Å²) in [7, 11) is 0. The molecular weight excluding hydrogens is 268 g/mol. The molecule has 0 radical (unpaired) electrons. The highest BCUT2D eigenvalue weighted by atomic mass is 79.9. The van der Waals surface area contributed by atoms with Crippen molar-refractivity contribution in [3.05, 3.63) is 28.5 Å². The zero-order valence-corrected chi connectivity index (χ0v) is 11.4. The number of nitrogens with one attached hydrogen (secondary N) is 1. The van der Waals surface area contributed by atoms with Gasteiger partial charge in [0.1, 0.15) is 0 Å².